The van der Waals surface area contributed by atoms with Crippen molar-refractivity contribution in [2.75, 3.05) is 10.0 Å². The van der Waals surface area contributed by atoms with Gasteiger partial charge in [-0.05, 0) is 49.4 Å². The summed E-state index contributed by atoms with van der Waals surface area (Å²) in [5.41, 5.74) is 1.28. The number of sulfonamides is 1. The van der Waals surface area contributed by atoms with E-state index in [0.717, 1.165) is 4.47 Å². The standard InChI is InChI=1S/C20H18BrN5O3S/c1-14-12-19(26(24-14)11-3-10-22)23-20(27)15-4-2-5-18(13-15)30(28,29)25-17-8-6-16(21)7-9-17/h2,4-9,12-13,25H,3,11H2,1H3,(H,23,27). The number of halogens is 1. The second-order valence-corrected chi connectivity index (χ2v) is 8.99. The number of carbonyl (C=O) groups is 1. The van der Waals surface area contributed by atoms with E-state index in [0.29, 0.717) is 23.7 Å². The number of hydrogen-bond donors (Lipinski definition) is 2. The van der Waals surface area contributed by atoms with Crippen LogP contribution in [0.5, 0.6) is 0 Å². The van der Waals surface area contributed by atoms with E-state index in [1.807, 2.05) is 6.07 Å². The van der Waals surface area contributed by atoms with Gasteiger partial charge in [-0.1, -0.05) is 22.0 Å². The molecule has 10 heteroatoms. The van der Waals surface area contributed by atoms with Gasteiger partial charge in [0.15, 0.2) is 0 Å². The fourth-order valence-corrected chi connectivity index (χ4v) is 4.07. The summed E-state index contributed by atoms with van der Waals surface area (Å²) in [6.45, 7) is 2.12. The Bertz CT molecular complexity index is 1210. The van der Waals surface area contributed by atoms with Gasteiger partial charge in [-0.15, -0.1) is 0 Å². The molecule has 30 heavy (non-hydrogen) atoms. The summed E-state index contributed by atoms with van der Waals surface area (Å²) < 4.78 is 30.2. The monoisotopic (exact) mass is 487 g/mol. The summed E-state index contributed by atoms with van der Waals surface area (Å²) >= 11 is 3.30. The minimum Gasteiger partial charge on any atom is -0.307 e. The van der Waals surface area contributed by atoms with Gasteiger partial charge in [-0.3, -0.25) is 9.52 Å². The van der Waals surface area contributed by atoms with E-state index in [1.165, 1.54) is 28.9 Å². The molecule has 0 aliphatic heterocycles. The third kappa shape index (κ3) is 5.25. The molecule has 0 fully saturated rings. The molecule has 0 aliphatic carbocycles. The molecule has 0 saturated heterocycles. The number of amides is 1. The maximum atomic E-state index is 12.7. The molecule has 2 N–H and O–H groups in total. The minimum atomic E-state index is -3.87. The second-order valence-electron chi connectivity index (χ2n) is 6.40. The van der Waals surface area contributed by atoms with Crippen LogP contribution < -0.4 is 10.0 Å². The van der Waals surface area contributed by atoms with Gasteiger partial charge in [0.1, 0.15) is 5.82 Å². The van der Waals surface area contributed by atoms with Crippen molar-refractivity contribution < 1.29 is 13.2 Å². The lowest BCUT2D eigenvalue weighted by atomic mass is 10.2. The van der Waals surface area contributed by atoms with Gasteiger partial charge in [0.2, 0.25) is 0 Å². The first-order valence-electron chi connectivity index (χ1n) is 8.90. The number of rotatable bonds is 7. The molecule has 1 aromatic heterocycles. The van der Waals surface area contributed by atoms with Gasteiger partial charge in [0, 0.05) is 21.8 Å². The van der Waals surface area contributed by atoms with Gasteiger partial charge in [0.05, 0.1) is 29.6 Å². The van der Waals surface area contributed by atoms with E-state index >= 15 is 0 Å². The largest absolute Gasteiger partial charge is 0.307 e. The van der Waals surface area contributed by atoms with Crippen LogP contribution in [0, 0.1) is 18.3 Å². The van der Waals surface area contributed by atoms with E-state index < -0.39 is 15.9 Å². The van der Waals surface area contributed by atoms with E-state index in [4.69, 9.17) is 5.26 Å². The van der Waals surface area contributed by atoms with Crippen molar-refractivity contribution in [2.45, 2.75) is 24.8 Å². The SMILES string of the molecule is Cc1cc(NC(=O)c2cccc(S(=O)(=O)Nc3ccc(Br)cc3)c2)n(CCC#N)n1. The normalized spacial score (nSPS) is 11.0. The maximum absolute atomic E-state index is 12.7. The highest BCUT2D eigenvalue weighted by molar-refractivity contribution is 9.10. The van der Waals surface area contributed by atoms with Gasteiger partial charge >= 0.3 is 0 Å². The Kier molecular flexibility index (Phi) is 6.54. The summed E-state index contributed by atoms with van der Waals surface area (Å²) in [6, 6.07) is 16.2. The first kappa shape index (κ1) is 21.5. The van der Waals surface area contributed by atoms with Gasteiger partial charge in [0.25, 0.3) is 15.9 Å². The number of nitrogens with zero attached hydrogens (tertiary/aromatic N) is 3. The topological polar surface area (TPSA) is 117 Å². The van der Waals surface area contributed by atoms with Gasteiger partial charge in [-0.25, -0.2) is 13.1 Å². The van der Waals surface area contributed by atoms with Gasteiger partial charge in [-0.2, -0.15) is 10.4 Å². The number of carbonyl (C=O) groups excluding carboxylic acids is 1. The molecule has 0 radical (unpaired) electrons. The zero-order chi connectivity index (χ0) is 21.7. The van der Waals surface area contributed by atoms with Crippen molar-refractivity contribution in [3.05, 3.63) is 70.3 Å². The molecule has 1 amide bonds. The zero-order valence-electron chi connectivity index (χ0n) is 16.0. The Balaban J connectivity index is 1.80. The molecule has 3 aromatic rings. The zero-order valence-corrected chi connectivity index (χ0v) is 18.4. The quantitative estimate of drug-likeness (QED) is 0.523. The maximum Gasteiger partial charge on any atom is 0.261 e. The first-order valence-corrected chi connectivity index (χ1v) is 11.2. The van der Waals surface area contributed by atoms with Crippen molar-refractivity contribution in [3.8, 4) is 6.07 Å². The fraction of sp³-hybridized carbons (Fsp3) is 0.150. The molecule has 0 saturated carbocycles. The molecule has 0 atom stereocenters. The smallest absolute Gasteiger partial charge is 0.261 e. The van der Waals surface area contributed by atoms with Crippen LogP contribution in [0.2, 0.25) is 0 Å². The molecule has 8 nitrogen and oxygen atoms in total. The van der Waals surface area contributed by atoms with Crippen molar-refractivity contribution in [3.63, 3.8) is 0 Å². The van der Waals surface area contributed by atoms with E-state index in [2.05, 4.69) is 31.1 Å². The van der Waals surface area contributed by atoms with Gasteiger partial charge < -0.3 is 5.32 Å². The average molecular weight is 488 g/mol. The van der Waals surface area contributed by atoms with Crippen LogP contribution in [0.3, 0.4) is 0 Å². The van der Waals surface area contributed by atoms with Crippen LogP contribution in [-0.4, -0.2) is 24.1 Å². The van der Waals surface area contributed by atoms with Crippen molar-refractivity contribution >= 4 is 43.4 Å². The number of aryl methyl sites for hydroxylation is 2. The summed E-state index contributed by atoms with van der Waals surface area (Å²) in [6.07, 6.45) is 0.249. The van der Waals surface area contributed by atoms with Crippen LogP contribution in [0.4, 0.5) is 11.5 Å². The van der Waals surface area contributed by atoms with E-state index in [9.17, 15) is 13.2 Å². The highest BCUT2D eigenvalue weighted by Gasteiger charge is 2.17. The molecule has 0 aliphatic rings. The first-order chi connectivity index (χ1) is 14.3. The van der Waals surface area contributed by atoms with Crippen LogP contribution in [0.25, 0.3) is 0 Å². The lowest BCUT2D eigenvalue weighted by Crippen LogP contribution is -2.17. The summed E-state index contributed by atoms with van der Waals surface area (Å²) in [5.74, 6) is -0.0391. The number of nitriles is 1. The minimum absolute atomic E-state index is 0.0350. The molecular formula is C20H18BrN5O3S. The Morgan fingerprint density at radius 3 is 2.63 bits per heavy atom. The summed E-state index contributed by atoms with van der Waals surface area (Å²) in [4.78, 5) is 12.7. The third-order valence-electron chi connectivity index (χ3n) is 4.08. The molecule has 154 valence electrons. The number of benzene rings is 2. The van der Waals surface area contributed by atoms with Crippen molar-refractivity contribution in [2.24, 2.45) is 0 Å². The molecular weight excluding hydrogens is 470 g/mol. The third-order valence-corrected chi connectivity index (χ3v) is 5.99. The Morgan fingerprint density at radius 2 is 1.93 bits per heavy atom. The Hall–Kier alpha value is -3.16. The number of hydrogen-bond acceptors (Lipinski definition) is 5. The highest BCUT2D eigenvalue weighted by Crippen LogP contribution is 2.20. The number of aromatic nitrogens is 2. The summed E-state index contributed by atoms with van der Waals surface area (Å²) in [5, 5.41) is 15.7. The van der Waals surface area contributed by atoms with Crippen molar-refractivity contribution in [1.29, 1.82) is 5.26 Å². The second kappa shape index (κ2) is 9.11. The van der Waals surface area contributed by atoms with Crippen molar-refractivity contribution in [1.82, 2.24) is 9.78 Å². The predicted molar refractivity (Wildman–Crippen MR) is 117 cm³/mol. The number of nitrogens with one attached hydrogen (secondary N) is 2. The lowest BCUT2D eigenvalue weighted by molar-refractivity contribution is 0.102. The molecule has 2 aromatic carbocycles. The molecule has 0 unspecified atom stereocenters. The Morgan fingerprint density at radius 1 is 1.20 bits per heavy atom. The van der Waals surface area contributed by atoms with Crippen LogP contribution >= 0.6 is 15.9 Å². The van der Waals surface area contributed by atoms with Crippen LogP contribution in [0.1, 0.15) is 22.5 Å². The lowest BCUT2D eigenvalue weighted by Gasteiger charge is -2.10. The molecule has 0 spiro atoms. The molecule has 1 heterocycles. The van der Waals surface area contributed by atoms with E-state index in [1.54, 1.807) is 37.3 Å². The predicted octanol–water partition coefficient (Wildman–Crippen LogP) is 3.92. The van der Waals surface area contributed by atoms with E-state index in [-0.39, 0.29) is 16.9 Å². The highest BCUT2D eigenvalue weighted by atomic mass is 79.9. The molecule has 3 rings (SSSR count). The fourth-order valence-electron chi connectivity index (χ4n) is 2.70. The Labute approximate surface area is 182 Å². The molecule has 0 bridgehead atoms. The summed E-state index contributed by atoms with van der Waals surface area (Å²) in [7, 11) is -3.87. The average Bonchev–Trinajstić information content (AvgIpc) is 3.07. The number of anilines is 2. The van der Waals surface area contributed by atoms with Crippen LogP contribution in [0.15, 0.2) is 64.0 Å². The van der Waals surface area contributed by atoms with Crippen LogP contribution in [-0.2, 0) is 16.6 Å².